The standard InChI is InChI=1S/C12H15BrN2/c1-4-10(7-14)15-11-5-8(2)12(13)9(3)6-11/h5-6,10,15H,4H2,1-3H3. The van der Waals surface area contributed by atoms with Crippen LogP contribution in [0.25, 0.3) is 0 Å². The van der Waals surface area contributed by atoms with Gasteiger partial charge in [0.05, 0.1) is 6.07 Å². The van der Waals surface area contributed by atoms with Gasteiger partial charge in [0.15, 0.2) is 0 Å². The van der Waals surface area contributed by atoms with E-state index in [4.69, 9.17) is 5.26 Å². The van der Waals surface area contributed by atoms with Crippen LogP contribution >= 0.6 is 15.9 Å². The van der Waals surface area contributed by atoms with Crippen molar-refractivity contribution >= 4 is 21.6 Å². The fraction of sp³-hybridized carbons (Fsp3) is 0.417. The molecule has 1 N–H and O–H groups in total. The molecule has 3 heteroatoms. The van der Waals surface area contributed by atoms with Crippen molar-refractivity contribution < 1.29 is 0 Å². The van der Waals surface area contributed by atoms with Gasteiger partial charge in [0.1, 0.15) is 6.04 Å². The molecule has 0 bridgehead atoms. The maximum atomic E-state index is 8.86. The van der Waals surface area contributed by atoms with Gasteiger partial charge in [-0.05, 0) is 43.5 Å². The molecule has 0 fully saturated rings. The summed E-state index contributed by atoms with van der Waals surface area (Å²) in [5.41, 5.74) is 3.39. The van der Waals surface area contributed by atoms with Crippen LogP contribution < -0.4 is 5.32 Å². The third-order valence-electron chi connectivity index (χ3n) is 2.34. The quantitative estimate of drug-likeness (QED) is 0.904. The van der Waals surface area contributed by atoms with Gasteiger partial charge in [-0.15, -0.1) is 0 Å². The Bertz CT molecular complexity index is 370. The second kappa shape index (κ2) is 5.18. The van der Waals surface area contributed by atoms with Gasteiger partial charge in [0, 0.05) is 10.2 Å². The summed E-state index contributed by atoms with van der Waals surface area (Å²) in [4.78, 5) is 0. The van der Waals surface area contributed by atoms with E-state index in [1.165, 1.54) is 11.1 Å². The smallest absolute Gasteiger partial charge is 0.114 e. The van der Waals surface area contributed by atoms with Crippen LogP contribution in [-0.4, -0.2) is 6.04 Å². The van der Waals surface area contributed by atoms with Crippen molar-refractivity contribution in [2.75, 3.05) is 5.32 Å². The molecule has 2 nitrogen and oxygen atoms in total. The van der Waals surface area contributed by atoms with Gasteiger partial charge >= 0.3 is 0 Å². The molecule has 1 unspecified atom stereocenters. The summed E-state index contributed by atoms with van der Waals surface area (Å²) in [7, 11) is 0. The summed E-state index contributed by atoms with van der Waals surface area (Å²) in [5.74, 6) is 0. The summed E-state index contributed by atoms with van der Waals surface area (Å²) >= 11 is 3.52. The monoisotopic (exact) mass is 266 g/mol. The maximum absolute atomic E-state index is 8.86. The van der Waals surface area contributed by atoms with Gasteiger partial charge in [-0.3, -0.25) is 0 Å². The summed E-state index contributed by atoms with van der Waals surface area (Å²) in [6.07, 6.45) is 0.810. The zero-order chi connectivity index (χ0) is 11.4. The Balaban J connectivity index is 2.93. The minimum atomic E-state index is -0.107. The number of nitrogens with zero attached hydrogens (tertiary/aromatic N) is 1. The number of halogens is 1. The SMILES string of the molecule is CCC(C#N)Nc1cc(C)c(Br)c(C)c1. The van der Waals surface area contributed by atoms with Crippen molar-refractivity contribution in [1.82, 2.24) is 0 Å². The van der Waals surface area contributed by atoms with Gasteiger partial charge in [0.25, 0.3) is 0 Å². The minimum absolute atomic E-state index is 0.107. The van der Waals surface area contributed by atoms with Crippen LogP contribution in [0.2, 0.25) is 0 Å². The van der Waals surface area contributed by atoms with Crippen molar-refractivity contribution in [3.63, 3.8) is 0 Å². The number of nitriles is 1. The molecular formula is C12H15BrN2. The summed E-state index contributed by atoms with van der Waals surface area (Å²) in [5, 5.41) is 12.1. The van der Waals surface area contributed by atoms with Crippen LogP contribution in [-0.2, 0) is 0 Å². The maximum Gasteiger partial charge on any atom is 0.114 e. The second-order valence-electron chi connectivity index (χ2n) is 3.66. The van der Waals surface area contributed by atoms with E-state index in [-0.39, 0.29) is 6.04 Å². The van der Waals surface area contributed by atoms with E-state index < -0.39 is 0 Å². The first kappa shape index (κ1) is 12.1. The lowest BCUT2D eigenvalue weighted by atomic mass is 10.1. The average molecular weight is 267 g/mol. The zero-order valence-corrected chi connectivity index (χ0v) is 10.9. The van der Waals surface area contributed by atoms with Crippen molar-refractivity contribution in [3.05, 3.63) is 27.7 Å². The number of aryl methyl sites for hydroxylation is 2. The fourth-order valence-electron chi connectivity index (χ4n) is 1.46. The van der Waals surface area contributed by atoms with Crippen molar-refractivity contribution in [2.45, 2.75) is 33.2 Å². The Kier molecular flexibility index (Phi) is 4.16. The van der Waals surface area contributed by atoms with Gasteiger partial charge < -0.3 is 5.32 Å². The van der Waals surface area contributed by atoms with E-state index >= 15 is 0 Å². The third-order valence-corrected chi connectivity index (χ3v) is 3.59. The highest BCUT2D eigenvalue weighted by atomic mass is 79.9. The lowest BCUT2D eigenvalue weighted by molar-refractivity contribution is 0.845. The van der Waals surface area contributed by atoms with Crippen LogP contribution in [0.5, 0.6) is 0 Å². The van der Waals surface area contributed by atoms with Crippen molar-refractivity contribution in [2.24, 2.45) is 0 Å². The van der Waals surface area contributed by atoms with Crippen LogP contribution in [0, 0.1) is 25.2 Å². The highest BCUT2D eigenvalue weighted by molar-refractivity contribution is 9.10. The third kappa shape index (κ3) is 2.97. The Hall–Kier alpha value is -1.01. The molecule has 0 heterocycles. The summed E-state index contributed by atoms with van der Waals surface area (Å²) in [6.45, 7) is 6.10. The van der Waals surface area contributed by atoms with E-state index in [0.29, 0.717) is 0 Å². The molecule has 1 aromatic rings. The van der Waals surface area contributed by atoms with E-state index in [1.54, 1.807) is 0 Å². The first-order valence-electron chi connectivity index (χ1n) is 5.01. The molecule has 0 aromatic heterocycles. The lowest BCUT2D eigenvalue weighted by Crippen LogP contribution is -2.15. The van der Waals surface area contributed by atoms with E-state index in [2.05, 4.69) is 53.3 Å². The molecule has 1 aromatic carbocycles. The van der Waals surface area contributed by atoms with Gasteiger partial charge in [-0.2, -0.15) is 5.26 Å². The van der Waals surface area contributed by atoms with Crippen molar-refractivity contribution in [1.29, 1.82) is 5.26 Å². The molecule has 0 radical (unpaired) electrons. The molecule has 15 heavy (non-hydrogen) atoms. The molecular weight excluding hydrogens is 252 g/mol. The Labute approximate surface area is 99.4 Å². The van der Waals surface area contributed by atoms with Crippen LogP contribution in [0.15, 0.2) is 16.6 Å². The predicted octanol–water partition coefficient (Wildman–Crippen LogP) is 3.78. The zero-order valence-electron chi connectivity index (χ0n) is 9.26. The van der Waals surface area contributed by atoms with Crippen molar-refractivity contribution in [3.8, 4) is 6.07 Å². The molecule has 0 saturated heterocycles. The molecule has 1 atom stereocenters. The minimum Gasteiger partial charge on any atom is -0.370 e. The second-order valence-corrected chi connectivity index (χ2v) is 4.45. The summed E-state index contributed by atoms with van der Waals surface area (Å²) < 4.78 is 1.14. The molecule has 1 rings (SSSR count). The fourth-order valence-corrected chi connectivity index (χ4v) is 1.68. The Morgan fingerprint density at radius 1 is 1.40 bits per heavy atom. The first-order valence-corrected chi connectivity index (χ1v) is 5.80. The highest BCUT2D eigenvalue weighted by Gasteiger charge is 2.06. The number of hydrogen-bond donors (Lipinski definition) is 1. The molecule has 0 amide bonds. The normalized spacial score (nSPS) is 11.9. The van der Waals surface area contributed by atoms with Gasteiger partial charge in [0.2, 0.25) is 0 Å². The van der Waals surface area contributed by atoms with Gasteiger partial charge in [-0.25, -0.2) is 0 Å². The number of anilines is 1. The topological polar surface area (TPSA) is 35.8 Å². The predicted molar refractivity (Wildman–Crippen MR) is 66.9 cm³/mol. The van der Waals surface area contributed by atoms with Crippen LogP contribution in [0.3, 0.4) is 0 Å². The molecule has 0 aliphatic carbocycles. The van der Waals surface area contributed by atoms with Gasteiger partial charge in [-0.1, -0.05) is 22.9 Å². The lowest BCUT2D eigenvalue weighted by Gasteiger charge is -2.13. The molecule has 0 saturated carbocycles. The number of benzene rings is 1. The Morgan fingerprint density at radius 2 is 1.93 bits per heavy atom. The number of nitrogens with one attached hydrogen (secondary N) is 1. The van der Waals surface area contributed by atoms with Crippen LogP contribution in [0.4, 0.5) is 5.69 Å². The highest BCUT2D eigenvalue weighted by Crippen LogP contribution is 2.25. The molecule has 0 spiro atoms. The van der Waals surface area contributed by atoms with E-state index in [1.807, 2.05) is 6.92 Å². The first-order chi connectivity index (χ1) is 7.08. The van der Waals surface area contributed by atoms with E-state index in [9.17, 15) is 0 Å². The largest absolute Gasteiger partial charge is 0.370 e. The average Bonchev–Trinajstić information content (AvgIpc) is 2.22. The molecule has 0 aliphatic rings. The summed E-state index contributed by atoms with van der Waals surface area (Å²) in [6, 6.07) is 6.23. The number of hydrogen-bond acceptors (Lipinski definition) is 2. The van der Waals surface area contributed by atoms with Crippen LogP contribution in [0.1, 0.15) is 24.5 Å². The number of rotatable bonds is 3. The molecule has 80 valence electrons. The molecule has 0 aliphatic heterocycles. The van der Waals surface area contributed by atoms with E-state index in [0.717, 1.165) is 16.6 Å². The Morgan fingerprint density at radius 3 is 2.33 bits per heavy atom.